The topological polar surface area (TPSA) is 63.5 Å². The smallest absolute Gasteiger partial charge is 0.315 e. The van der Waals surface area contributed by atoms with E-state index in [1.807, 2.05) is 0 Å². The molecule has 2 aliphatic carbocycles. The molecule has 5 heteroatoms. The SMILES string of the molecule is C[C@@H]1CCC[C@]2(C)C[C@H]3OC(=O)[C@@H](C[NH+]4CCCC[C@@H]4CO)[C@H]3[C@@H]3O[C@@]132. The van der Waals surface area contributed by atoms with E-state index in [9.17, 15) is 9.90 Å². The highest BCUT2D eigenvalue weighted by atomic mass is 16.6. The molecule has 26 heavy (non-hydrogen) atoms. The number of piperidine rings is 1. The zero-order chi connectivity index (χ0) is 18.1. The first-order valence-electron chi connectivity index (χ1n) is 10.8. The van der Waals surface area contributed by atoms with Gasteiger partial charge in [-0.25, -0.2) is 0 Å². The van der Waals surface area contributed by atoms with Crippen LogP contribution in [0.4, 0.5) is 0 Å². The molecule has 5 aliphatic rings. The number of carbonyl (C=O) groups excluding carboxylic acids is 1. The van der Waals surface area contributed by atoms with E-state index < -0.39 is 0 Å². The molecule has 5 fully saturated rings. The van der Waals surface area contributed by atoms with Crippen molar-refractivity contribution in [1.29, 1.82) is 0 Å². The van der Waals surface area contributed by atoms with E-state index in [0.29, 0.717) is 5.92 Å². The molecule has 3 aliphatic heterocycles. The van der Waals surface area contributed by atoms with Gasteiger partial charge in [0, 0.05) is 17.8 Å². The Labute approximate surface area is 156 Å². The second kappa shape index (κ2) is 5.92. The molecular weight excluding hydrogens is 330 g/mol. The molecule has 146 valence electrons. The fourth-order valence-electron chi connectivity index (χ4n) is 7.39. The van der Waals surface area contributed by atoms with Crippen LogP contribution >= 0.6 is 0 Å². The maximum Gasteiger partial charge on any atom is 0.315 e. The molecule has 0 aromatic heterocycles. The molecule has 2 N–H and O–H groups in total. The molecule has 5 nitrogen and oxygen atoms in total. The molecular formula is C21H34NO4+. The fraction of sp³-hybridized carbons (Fsp3) is 0.952. The van der Waals surface area contributed by atoms with Crippen molar-refractivity contribution in [3.63, 3.8) is 0 Å². The number of hydrogen-bond acceptors (Lipinski definition) is 4. The molecule has 5 rings (SSSR count). The summed E-state index contributed by atoms with van der Waals surface area (Å²) in [6, 6.07) is 0.284. The number of fused-ring (bicyclic) bond motifs is 2. The van der Waals surface area contributed by atoms with Crippen molar-refractivity contribution in [3.05, 3.63) is 0 Å². The van der Waals surface area contributed by atoms with Crippen LogP contribution in [0.15, 0.2) is 0 Å². The Morgan fingerprint density at radius 2 is 2.12 bits per heavy atom. The Bertz CT molecular complexity index is 597. The van der Waals surface area contributed by atoms with Crippen LogP contribution in [0, 0.1) is 23.2 Å². The molecule has 0 amide bonds. The Morgan fingerprint density at radius 1 is 1.27 bits per heavy atom. The first kappa shape index (κ1) is 17.4. The number of rotatable bonds is 3. The second-order valence-corrected chi connectivity index (χ2v) is 10.0. The van der Waals surface area contributed by atoms with E-state index in [2.05, 4.69) is 13.8 Å². The average Bonchev–Trinajstić information content (AvgIpc) is 3.30. The molecule has 1 unspecified atom stereocenters. The maximum absolute atomic E-state index is 12.8. The summed E-state index contributed by atoms with van der Waals surface area (Å²) in [4.78, 5) is 14.2. The lowest BCUT2D eigenvalue weighted by atomic mass is 9.53. The normalized spacial score (nSPS) is 55.5. The lowest BCUT2D eigenvalue weighted by Crippen LogP contribution is -3.18. The molecule has 0 aromatic rings. The van der Waals surface area contributed by atoms with Gasteiger partial charge < -0.3 is 19.5 Å². The first-order valence-corrected chi connectivity index (χ1v) is 10.8. The van der Waals surface area contributed by atoms with E-state index in [1.165, 1.54) is 37.0 Å². The van der Waals surface area contributed by atoms with Crippen LogP contribution in [0.2, 0.25) is 0 Å². The van der Waals surface area contributed by atoms with Gasteiger partial charge in [0.1, 0.15) is 23.7 Å². The molecule has 0 bridgehead atoms. The highest BCUT2D eigenvalue weighted by molar-refractivity contribution is 5.76. The van der Waals surface area contributed by atoms with Gasteiger partial charge in [0.05, 0.1) is 25.8 Å². The molecule has 3 saturated heterocycles. The summed E-state index contributed by atoms with van der Waals surface area (Å²) < 4.78 is 12.5. The van der Waals surface area contributed by atoms with Crippen LogP contribution in [0.5, 0.6) is 0 Å². The lowest BCUT2D eigenvalue weighted by Gasteiger charge is -2.49. The summed E-state index contributed by atoms with van der Waals surface area (Å²) in [7, 11) is 0. The average molecular weight is 365 g/mol. The Balaban J connectivity index is 1.39. The van der Waals surface area contributed by atoms with Crippen molar-refractivity contribution < 1.29 is 24.3 Å². The maximum atomic E-state index is 12.8. The van der Waals surface area contributed by atoms with Crippen LogP contribution < -0.4 is 4.90 Å². The zero-order valence-corrected chi connectivity index (χ0v) is 16.2. The number of hydrogen-bond donors (Lipinski definition) is 2. The monoisotopic (exact) mass is 364 g/mol. The van der Waals surface area contributed by atoms with Gasteiger partial charge in [-0.2, -0.15) is 0 Å². The van der Waals surface area contributed by atoms with E-state index in [1.54, 1.807) is 0 Å². The van der Waals surface area contributed by atoms with Crippen LogP contribution in [-0.4, -0.2) is 54.6 Å². The highest BCUT2D eigenvalue weighted by Gasteiger charge is 2.78. The third-order valence-electron chi connectivity index (χ3n) is 8.77. The summed E-state index contributed by atoms with van der Waals surface area (Å²) in [5.74, 6) is 0.751. The highest BCUT2D eigenvalue weighted by Crippen LogP contribution is 2.70. The summed E-state index contributed by atoms with van der Waals surface area (Å²) in [6.07, 6.45) is 8.38. The lowest BCUT2D eigenvalue weighted by molar-refractivity contribution is -0.933. The molecule has 0 aromatic carbocycles. The summed E-state index contributed by atoms with van der Waals surface area (Å²) in [5.41, 5.74) is 0.156. The number of aliphatic hydroxyl groups is 1. The van der Waals surface area contributed by atoms with Gasteiger partial charge >= 0.3 is 5.97 Å². The zero-order valence-electron chi connectivity index (χ0n) is 16.2. The summed E-state index contributed by atoms with van der Waals surface area (Å²) >= 11 is 0. The van der Waals surface area contributed by atoms with Crippen molar-refractivity contribution in [2.75, 3.05) is 19.7 Å². The summed E-state index contributed by atoms with van der Waals surface area (Å²) in [6.45, 7) is 6.83. The fourth-order valence-corrected chi connectivity index (χ4v) is 7.39. The van der Waals surface area contributed by atoms with Crippen LogP contribution in [-0.2, 0) is 14.3 Å². The van der Waals surface area contributed by atoms with Crippen molar-refractivity contribution in [2.24, 2.45) is 23.2 Å². The van der Waals surface area contributed by atoms with Gasteiger partial charge in [-0.05, 0) is 38.0 Å². The number of aliphatic hydroxyl groups excluding tert-OH is 1. The molecule has 9 atom stereocenters. The van der Waals surface area contributed by atoms with Gasteiger partial charge in [-0.1, -0.05) is 20.3 Å². The minimum absolute atomic E-state index is 0.00434. The predicted octanol–water partition coefficient (Wildman–Crippen LogP) is 0.942. The largest absolute Gasteiger partial charge is 0.462 e. The molecule has 1 spiro atoms. The van der Waals surface area contributed by atoms with Crippen molar-refractivity contribution >= 4 is 5.97 Å². The van der Waals surface area contributed by atoms with Gasteiger partial charge in [0.15, 0.2) is 0 Å². The molecule has 3 heterocycles. The van der Waals surface area contributed by atoms with E-state index >= 15 is 0 Å². The third kappa shape index (κ3) is 2.23. The number of esters is 1. The number of ether oxygens (including phenoxy) is 2. The minimum Gasteiger partial charge on any atom is -0.462 e. The Morgan fingerprint density at radius 3 is 2.92 bits per heavy atom. The third-order valence-corrected chi connectivity index (χ3v) is 8.77. The number of epoxide rings is 1. The number of carbonyl (C=O) groups is 1. The molecule has 0 radical (unpaired) electrons. The van der Waals surface area contributed by atoms with E-state index in [-0.39, 0.29) is 53.7 Å². The van der Waals surface area contributed by atoms with Crippen molar-refractivity contribution in [3.8, 4) is 0 Å². The van der Waals surface area contributed by atoms with Gasteiger partial charge in [0.25, 0.3) is 0 Å². The Hall–Kier alpha value is -0.650. The second-order valence-electron chi connectivity index (χ2n) is 10.0. The van der Waals surface area contributed by atoms with Crippen LogP contribution in [0.25, 0.3) is 0 Å². The van der Waals surface area contributed by atoms with Gasteiger partial charge in [-0.3, -0.25) is 4.79 Å². The standard InChI is InChI=1S/C21H33NO4/c1-13-6-5-8-20(2)10-16-17(18-21(13,20)26-18)15(19(24)25-16)11-22-9-4-3-7-14(22)12-23/h13-18,23H,3-12H2,1-2H3/p+1/t13-,14-,15+,16-,17-,18+,20-,21+/m1/s1. The van der Waals surface area contributed by atoms with Gasteiger partial charge in [-0.15, -0.1) is 0 Å². The predicted molar refractivity (Wildman–Crippen MR) is 95.6 cm³/mol. The molecule has 2 saturated carbocycles. The quantitative estimate of drug-likeness (QED) is 0.578. The Kier molecular flexibility index (Phi) is 3.97. The minimum atomic E-state index is -0.0507. The van der Waals surface area contributed by atoms with Crippen molar-refractivity contribution in [1.82, 2.24) is 0 Å². The first-order chi connectivity index (χ1) is 12.5. The number of nitrogens with one attached hydrogen (secondary N) is 1. The van der Waals surface area contributed by atoms with E-state index in [4.69, 9.17) is 9.47 Å². The van der Waals surface area contributed by atoms with E-state index in [0.717, 1.165) is 25.9 Å². The number of quaternary nitrogens is 1. The summed E-state index contributed by atoms with van der Waals surface area (Å²) in [5, 5.41) is 9.75. The van der Waals surface area contributed by atoms with Crippen LogP contribution in [0.1, 0.15) is 58.8 Å². The van der Waals surface area contributed by atoms with Crippen LogP contribution in [0.3, 0.4) is 0 Å². The number of likely N-dealkylation sites (tertiary alicyclic amines) is 1. The van der Waals surface area contributed by atoms with Crippen molar-refractivity contribution in [2.45, 2.75) is 82.6 Å². The van der Waals surface area contributed by atoms with Gasteiger partial charge in [0.2, 0.25) is 0 Å².